The summed E-state index contributed by atoms with van der Waals surface area (Å²) in [4.78, 5) is 28.6. The first-order chi connectivity index (χ1) is 17.2. The molecule has 6 atom stereocenters. The van der Waals surface area contributed by atoms with Crippen LogP contribution < -0.4 is 0 Å². The molecule has 2 heterocycles. The molecule has 202 valence electrons. The van der Waals surface area contributed by atoms with Crippen LogP contribution in [0, 0.1) is 17.8 Å². The van der Waals surface area contributed by atoms with Crippen molar-refractivity contribution in [1.29, 1.82) is 0 Å². The van der Waals surface area contributed by atoms with E-state index in [-0.39, 0.29) is 48.3 Å². The summed E-state index contributed by atoms with van der Waals surface area (Å²) >= 11 is 0. The Bertz CT molecular complexity index is 843. The normalized spacial score (nSPS) is 28.5. The van der Waals surface area contributed by atoms with E-state index in [4.69, 9.17) is 9.47 Å². The highest BCUT2D eigenvalue weighted by Crippen LogP contribution is 2.37. The molecule has 1 amide bonds. The highest BCUT2D eigenvalue weighted by Gasteiger charge is 2.45. The molecule has 0 aliphatic carbocycles. The van der Waals surface area contributed by atoms with Gasteiger partial charge in [0, 0.05) is 12.5 Å². The van der Waals surface area contributed by atoms with Gasteiger partial charge in [-0.05, 0) is 68.8 Å². The molecule has 0 aromatic heterocycles. The Kier molecular flexibility index (Phi) is 10.4. The number of hydrogen-bond donors (Lipinski definition) is 1. The minimum absolute atomic E-state index is 0.0384. The summed E-state index contributed by atoms with van der Waals surface area (Å²) in [5.41, 5.74) is 1.24. The van der Waals surface area contributed by atoms with Gasteiger partial charge in [0.05, 0.1) is 12.5 Å². The molecular weight excluding hydrogens is 454 g/mol. The quantitative estimate of drug-likeness (QED) is 0.428. The maximum atomic E-state index is 13.5. The zero-order valence-corrected chi connectivity index (χ0v) is 22.9. The molecule has 3 rings (SSSR count). The van der Waals surface area contributed by atoms with Crippen LogP contribution in [0.4, 0.5) is 0 Å². The lowest BCUT2D eigenvalue weighted by atomic mass is 9.85. The largest absolute Gasteiger partial charge is 0.460 e. The third-order valence-corrected chi connectivity index (χ3v) is 8.26. The summed E-state index contributed by atoms with van der Waals surface area (Å²) in [6, 6.07) is 9.72. The summed E-state index contributed by atoms with van der Waals surface area (Å²) in [5, 5.41) is 11.2. The van der Waals surface area contributed by atoms with Crippen molar-refractivity contribution in [2.24, 2.45) is 17.8 Å². The van der Waals surface area contributed by atoms with E-state index in [1.165, 1.54) is 5.56 Å². The van der Waals surface area contributed by atoms with Crippen LogP contribution in [0.2, 0.25) is 0 Å². The molecule has 1 aromatic carbocycles. The molecule has 6 heteroatoms. The fourth-order valence-corrected chi connectivity index (χ4v) is 5.82. The number of likely N-dealkylation sites (tertiary alicyclic amines) is 1. The Morgan fingerprint density at radius 2 is 1.86 bits per heavy atom. The van der Waals surface area contributed by atoms with Crippen molar-refractivity contribution < 1.29 is 24.2 Å². The number of aliphatic hydroxyl groups is 1. The molecule has 2 fully saturated rings. The maximum Gasteiger partial charge on any atom is 0.329 e. The average molecular weight is 502 g/mol. The van der Waals surface area contributed by atoms with Gasteiger partial charge >= 0.3 is 5.97 Å². The van der Waals surface area contributed by atoms with Crippen molar-refractivity contribution >= 4 is 11.9 Å². The highest BCUT2D eigenvalue weighted by atomic mass is 16.6. The number of ether oxygens (including phenoxy) is 2. The monoisotopic (exact) mass is 501 g/mol. The van der Waals surface area contributed by atoms with Gasteiger partial charge in [-0.1, -0.05) is 65.0 Å². The second-order valence-electron chi connectivity index (χ2n) is 11.3. The van der Waals surface area contributed by atoms with Crippen molar-refractivity contribution in [3.05, 3.63) is 35.9 Å². The number of amides is 1. The van der Waals surface area contributed by atoms with Crippen LogP contribution in [0.1, 0.15) is 91.5 Å². The van der Waals surface area contributed by atoms with Crippen molar-refractivity contribution in [2.45, 2.75) is 116 Å². The molecule has 2 aliphatic heterocycles. The third kappa shape index (κ3) is 7.10. The van der Waals surface area contributed by atoms with Gasteiger partial charge in [-0.15, -0.1) is 0 Å². The predicted molar refractivity (Wildman–Crippen MR) is 141 cm³/mol. The number of hydrogen-bond acceptors (Lipinski definition) is 5. The Morgan fingerprint density at radius 1 is 1.14 bits per heavy atom. The number of carbonyl (C=O) groups is 2. The van der Waals surface area contributed by atoms with Crippen LogP contribution >= 0.6 is 0 Å². The smallest absolute Gasteiger partial charge is 0.329 e. The zero-order chi connectivity index (χ0) is 26.3. The van der Waals surface area contributed by atoms with Crippen molar-refractivity contribution in [3.8, 4) is 0 Å². The molecule has 0 radical (unpaired) electrons. The number of esters is 1. The molecule has 6 unspecified atom stereocenters. The number of nitrogens with zero attached hydrogens (tertiary/aromatic N) is 1. The summed E-state index contributed by atoms with van der Waals surface area (Å²) < 4.78 is 12.2. The lowest BCUT2D eigenvalue weighted by molar-refractivity contribution is -0.281. The van der Waals surface area contributed by atoms with Gasteiger partial charge in [-0.3, -0.25) is 4.79 Å². The van der Waals surface area contributed by atoms with E-state index in [0.717, 1.165) is 44.9 Å². The van der Waals surface area contributed by atoms with E-state index in [0.29, 0.717) is 13.0 Å². The number of piperidine rings is 1. The topological polar surface area (TPSA) is 76.1 Å². The maximum absolute atomic E-state index is 13.5. The fourth-order valence-electron chi connectivity index (χ4n) is 5.82. The lowest BCUT2D eigenvalue weighted by Crippen LogP contribution is -2.54. The van der Waals surface area contributed by atoms with Crippen LogP contribution in [0.15, 0.2) is 30.3 Å². The molecule has 6 nitrogen and oxygen atoms in total. The standard InChI is InChI=1S/C30H47NO5/c1-6-24(19-23-13-9-8-10-14-23)28(21(3)4)35-29(33)26-15-11-12-18-31(26)27(32)20-30(34)22(5)16-17-25(7-2)36-30/h8-10,13-14,21-22,24-26,28,34H,6-7,11-12,15-20H2,1-5H3. The van der Waals surface area contributed by atoms with E-state index in [2.05, 4.69) is 32.9 Å². The lowest BCUT2D eigenvalue weighted by Gasteiger charge is -2.43. The van der Waals surface area contributed by atoms with Gasteiger partial charge in [-0.25, -0.2) is 4.79 Å². The Labute approximate surface area is 217 Å². The van der Waals surface area contributed by atoms with Gasteiger partial charge in [0.15, 0.2) is 5.79 Å². The molecule has 2 aliphatic rings. The second-order valence-corrected chi connectivity index (χ2v) is 11.3. The molecule has 0 saturated carbocycles. The van der Waals surface area contributed by atoms with Crippen molar-refractivity contribution in [2.75, 3.05) is 6.54 Å². The Morgan fingerprint density at radius 3 is 2.50 bits per heavy atom. The number of rotatable bonds is 10. The molecule has 0 spiro atoms. The molecule has 0 bridgehead atoms. The molecule has 2 saturated heterocycles. The van der Waals surface area contributed by atoms with E-state index < -0.39 is 11.8 Å². The summed E-state index contributed by atoms with van der Waals surface area (Å²) in [6.45, 7) is 10.8. The van der Waals surface area contributed by atoms with Gasteiger partial charge in [-0.2, -0.15) is 0 Å². The van der Waals surface area contributed by atoms with E-state index in [1.807, 2.05) is 32.0 Å². The molecular formula is C30H47NO5. The molecule has 36 heavy (non-hydrogen) atoms. The minimum atomic E-state index is -1.48. The minimum Gasteiger partial charge on any atom is -0.460 e. The number of benzene rings is 1. The van der Waals surface area contributed by atoms with Crippen molar-refractivity contribution in [1.82, 2.24) is 4.90 Å². The van der Waals surface area contributed by atoms with Crippen LogP contribution in [0.3, 0.4) is 0 Å². The summed E-state index contributed by atoms with van der Waals surface area (Å²) in [5.74, 6) is -1.78. The van der Waals surface area contributed by atoms with Gasteiger partial charge in [0.1, 0.15) is 12.1 Å². The molecule has 1 N–H and O–H groups in total. The van der Waals surface area contributed by atoms with E-state index >= 15 is 0 Å². The predicted octanol–water partition coefficient (Wildman–Crippen LogP) is 5.51. The first-order valence-corrected chi connectivity index (χ1v) is 14.1. The van der Waals surface area contributed by atoms with Gasteiger partial charge < -0.3 is 19.5 Å². The van der Waals surface area contributed by atoms with Crippen LogP contribution in [-0.2, 0) is 25.5 Å². The van der Waals surface area contributed by atoms with E-state index in [1.54, 1.807) is 4.90 Å². The van der Waals surface area contributed by atoms with Gasteiger partial charge in [0.2, 0.25) is 5.91 Å². The third-order valence-electron chi connectivity index (χ3n) is 8.26. The summed E-state index contributed by atoms with van der Waals surface area (Å²) in [7, 11) is 0. The zero-order valence-electron chi connectivity index (χ0n) is 22.9. The SMILES string of the molecule is CCC1CCC(C)C(O)(CC(=O)N2CCCCC2C(=O)OC(C(C)C)C(CC)Cc2ccccc2)O1. The first-order valence-electron chi connectivity index (χ1n) is 14.1. The second kappa shape index (κ2) is 13.0. The average Bonchev–Trinajstić information content (AvgIpc) is 2.88. The first kappa shape index (κ1) is 28.6. The Hall–Kier alpha value is -1.92. The summed E-state index contributed by atoms with van der Waals surface area (Å²) in [6.07, 6.45) is 6.22. The van der Waals surface area contributed by atoms with E-state index in [9.17, 15) is 14.7 Å². The van der Waals surface area contributed by atoms with Gasteiger partial charge in [0.25, 0.3) is 0 Å². The van der Waals surface area contributed by atoms with Crippen LogP contribution in [0.25, 0.3) is 0 Å². The fraction of sp³-hybridized carbons (Fsp3) is 0.733. The van der Waals surface area contributed by atoms with Crippen molar-refractivity contribution in [3.63, 3.8) is 0 Å². The highest BCUT2D eigenvalue weighted by molar-refractivity contribution is 5.85. The molecule has 1 aromatic rings. The number of carbonyl (C=O) groups excluding carboxylic acids is 2. The van der Waals surface area contributed by atoms with Crippen LogP contribution in [-0.4, -0.2) is 52.5 Å². The van der Waals surface area contributed by atoms with Crippen LogP contribution in [0.5, 0.6) is 0 Å². The Balaban J connectivity index is 1.70.